The van der Waals surface area contributed by atoms with Crippen LogP contribution < -0.4 is 16.0 Å². The number of benzene rings is 2. The number of rotatable bonds is 5. The molecule has 0 spiro atoms. The van der Waals surface area contributed by atoms with Crippen LogP contribution in [0.5, 0.6) is 0 Å². The molecular weight excluding hydrogens is 406 g/mol. The predicted octanol–water partition coefficient (Wildman–Crippen LogP) is 5.81. The average molecular weight is 424 g/mol. The molecule has 7 nitrogen and oxygen atoms in total. The lowest BCUT2D eigenvalue weighted by molar-refractivity contribution is 0.0996. The largest absolute Gasteiger partial charge is 0.459 e. The molecule has 2 aromatic carbocycles. The van der Waals surface area contributed by atoms with E-state index >= 15 is 0 Å². The van der Waals surface area contributed by atoms with Crippen molar-refractivity contribution in [1.29, 1.82) is 0 Å². The number of hydrogen-bond donors (Lipinski definition) is 3. The van der Waals surface area contributed by atoms with Gasteiger partial charge in [0, 0.05) is 11.1 Å². The molecule has 0 aliphatic carbocycles. The van der Waals surface area contributed by atoms with Crippen molar-refractivity contribution >= 4 is 45.9 Å². The highest BCUT2D eigenvalue weighted by molar-refractivity contribution is 6.34. The molecule has 1 unspecified atom stereocenters. The van der Waals surface area contributed by atoms with Gasteiger partial charge in [-0.1, -0.05) is 29.8 Å². The van der Waals surface area contributed by atoms with E-state index < -0.39 is 11.9 Å². The van der Waals surface area contributed by atoms with E-state index in [4.69, 9.17) is 20.4 Å². The number of carbonyl (C=O) groups excluding carboxylic acids is 2. The third-order valence-electron chi connectivity index (χ3n) is 4.44. The Morgan fingerprint density at radius 1 is 1.00 bits per heavy atom. The minimum absolute atomic E-state index is 0.173. The molecule has 4 aromatic rings. The topological polar surface area (TPSA) is 96.5 Å². The van der Waals surface area contributed by atoms with Gasteiger partial charge in [-0.05, 0) is 49.4 Å². The Kier molecular flexibility index (Phi) is 5.45. The molecule has 152 valence electrons. The molecule has 2 aromatic heterocycles. The Hall–Kier alpha value is -3.71. The van der Waals surface area contributed by atoms with Gasteiger partial charge in [0.1, 0.15) is 11.3 Å². The van der Waals surface area contributed by atoms with Crippen LogP contribution in [0.3, 0.4) is 0 Å². The Bertz CT molecular complexity index is 1170. The van der Waals surface area contributed by atoms with Gasteiger partial charge in [0.2, 0.25) is 0 Å². The SMILES string of the molecule is CC(NC(=O)Nc1ccc(NC(=O)c2ccco2)c(Cl)c1)c1cc2ccccc2o1. The number of amides is 3. The highest BCUT2D eigenvalue weighted by Crippen LogP contribution is 2.27. The van der Waals surface area contributed by atoms with Gasteiger partial charge in [-0.2, -0.15) is 0 Å². The first-order valence-corrected chi connectivity index (χ1v) is 9.58. The quantitative estimate of drug-likeness (QED) is 0.377. The first kappa shape index (κ1) is 19.6. The van der Waals surface area contributed by atoms with E-state index in [1.165, 1.54) is 6.26 Å². The van der Waals surface area contributed by atoms with Crippen LogP contribution in [0.4, 0.5) is 16.2 Å². The molecule has 0 saturated heterocycles. The molecule has 8 heteroatoms. The van der Waals surface area contributed by atoms with Crippen molar-refractivity contribution in [2.45, 2.75) is 13.0 Å². The van der Waals surface area contributed by atoms with Crippen LogP contribution >= 0.6 is 11.6 Å². The third-order valence-corrected chi connectivity index (χ3v) is 4.75. The smallest absolute Gasteiger partial charge is 0.319 e. The van der Waals surface area contributed by atoms with Gasteiger partial charge >= 0.3 is 6.03 Å². The molecular formula is C22H18ClN3O4. The van der Waals surface area contributed by atoms with Gasteiger partial charge in [0.25, 0.3) is 5.91 Å². The fourth-order valence-electron chi connectivity index (χ4n) is 2.94. The fraction of sp³-hybridized carbons (Fsp3) is 0.0909. The summed E-state index contributed by atoms with van der Waals surface area (Å²) in [6, 6.07) is 16.7. The number of fused-ring (bicyclic) bond motifs is 1. The maximum absolute atomic E-state index is 12.4. The van der Waals surface area contributed by atoms with Gasteiger partial charge in [-0.15, -0.1) is 0 Å². The van der Waals surface area contributed by atoms with Crippen LogP contribution in [0.15, 0.2) is 75.8 Å². The number of nitrogens with one attached hydrogen (secondary N) is 3. The van der Waals surface area contributed by atoms with Crippen molar-refractivity contribution in [3.63, 3.8) is 0 Å². The molecule has 0 aliphatic rings. The number of hydrogen-bond acceptors (Lipinski definition) is 4. The van der Waals surface area contributed by atoms with E-state index in [9.17, 15) is 9.59 Å². The van der Waals surface area contributed by atoms with Crippen molar-refractivity contribution in [2.75, 3.05) is 10.6 Å². The second kappa shape index (κ2) is 8.34. The summed E-state index contributed by atoms with van der Waals surface area (Å²) in [5.74, 6) is 0.410. The van der Waals surface area contributed by atoms with Crippen LogP contribution in [-0.2, 0) is 0 Å². The van der Waals surface area contributed by atoms with Crippen LogP contribution in [0, 0.1) is 0 Å². The second-order valence-corrected chi connectivity index (χ2v) is 7.04. The number of anilines is 2. The van der Waals surface area contributed by atoms with E-state index in [0.717, 1.165) is 11.0 Å². The number of para-hydroxylation sites is 1. The molecule has 1 atom stereocenters. The molecule has 0 aliphatic heterocycles. The summed E-state index contributed by atoms with van der Waals surface area (Å²) in [4.78, 5) is 24.4. The summed E-state index contributed by atoms with van der Waals surface area (Å²) in [5, 5.41) is 9.44. The Balaban J connectivity index is 1.38. The van der Waals surface area contributed by atoms with Gasteiger partial charge in [0.05, 0.1) is 23.0 Å². The van der Waals surface area contributed by atoms with Crippen molar-refractivity contribution in [3.8, 4) is 0 Å². The molecule has 0 radical (unpaired) electrons. The van der Waals surface area contributed by atoms with Crippen LogP contribution in [-0.4, -0.2) is 11.9 Å². The zero-order chi connectivity index (χ0) is 21.1. The van der Waals surface area contributed by atoms with Crippen molar-refractivity contribution in [2.24, 2.45) is 0 Å². The number of halogens is 1. The number of urea groups is 1. The summed E-state index contributed by atoms with van der Waals surface area (Å²) in [6.45, 7) is 1.83. The summed E-state index contributed by atoms with van der Waals surface area (Å²) in [6.07, 6.45) is 1.41. The summed E-state index contributed by atoms with van der Waals surface area (Å²) in [7, 11) is 0. The molecule has 2 heterocycles. The van der Waals surface area contributed by atoms with Crippen LogP contribution in [0.25, 0.3) is 11.0 Å². The lowest BCUT2D eigenvalue weighted by Gasteiger charge is -2.13. The molecule has 3 N–H and O–H groups in total. The van der Waals surface area contributed by atoms with Gasteiger partial charge in [-0.25, -0.2) is 4.79 Å². The standard InChI is InChI=1S/C22H18ClN3O4/c1-13(20-11-14-5-2-3-6-18(14)30-20)24-22(28)25-15-8-9-17(16(23)12-15)26-21(27)19-7-4-10-29-19/h2-13H,1H3,(H,26,27)(H2,24,25,28). The first-order chi connectivity index (χ1) is 14.5. The van der Waals surface area contributed by atoms with E-state index in [2.05, 4.69) is 16.0 Å². The molecule has 4 rings (SSSR count). The third kappa shape index (κ3) is 4.31. The summed E-state index contributed by atoms with van der Waals surface area (Å²) in [5.41, 5.74) is 1.64. The second-order valence-electron chi connectivity index (χ2n) is 6.63. The van der Waals surface area contributed by atoms with E-state index in [1.54, 1.807) is 30.3 Å². The zero-order valence-corrected chi connectivity index (χ0v) is 16.7. The Morgan fingerprint density at radius 2 is 1.83 bits per heavy atom. The normalized spacial score (nSPS) is 11.8. The van der Waals surface area contributed by atoms with Crippen LogP contribution in [0.2, 0.25) is 5.02 Å². The fourth-order valence-corrected chi connectivity index (χ4v) is 3.16. The first-order valence-electron chi connectivity index (χ1n) is 9.20. The minimum Gasteiger partial charge on any atom is -0.459 e. The Morgan fingerprint density at radius 3 is 2.57 bits per heavy atom. The minimum atomic E-state index is -0.417. The lowest BCUT2D eigenvalue weighted by Crippen LogP contribution is -2.30. The van der Waals surface area contributed by atoms with Gasteiger partial charge in [-0.3, -0.25) is 4.79 Å². The average Bonchev–Trinajstić information content (AvgIpc) is 3.39. The maximum atomic E-state index is 12.4. The monoisotopic (exact) mass is 423 g/mol. The van der Waals surface area contributed by atoms with Crippen molar-refractivity contribution in [3.05, 3.63) is 83.5 Å². The van der Waals surface area contributed by atoms with Gasteiger partial charge < -0.3 is 24.8 Å². The van der Waals surface area contributed by atoms with E-state index in [1.807, 2.05) is 37.3 Å². The van der Waals surface area contributed by atoms with Gasteiger partial charge in [0.15, 0.2) is 5.76 Å². The van der Waals surface area contributed by atoms with E-state index in [-0.39, 0.29) is 16.8 Å². The maximum Gasteiger partial charge on any atom is 0.319 e. The van der Waals surface area contributed by atoms with Crippen LogP contribution in [0.1, 0.15) is 29.3 Å². The van der Waals surface area contributed by atoms with E-state index in [0.29, 0.717) is 17.1 Å². The lowest BCUT2D eigenvalue weighted by atomic mass is 10.2. The summed E-state index contributed by atoms with van der Waals surface area (Å²) < 4.78 is 10.8. The molecule has 0 bridgehead atoms. The molecule has 0 fully saturated rings. The summed E-state index contributed by atoms with van der Waals surface area (Å²) >= 11 is 6.23. The molecule has 30 heavy (non-hydrogen) atoms. The molecule has 3 amide bonds. The number of furan rings is 2. The predicted molar refractivity (Wildman–Crippen MR) is 115 cm³/mol. The highest BCUT2D eigenvalue weighted by Gasteiger charge is 2.15. The van der Waals surface area contributed by atoms with Crippen molar-refractivity contribution < 1.29 is 18.4 Å². The van der Waals surface area contributed by atoms with Crippen molar-refractivity contribution in [1.82, 2.24) is 5.32 Å². The molecule has 0 saturated carbocycles. The Labute approximate surface area is 177 Å². The zero-order valence-electron chi connectivity index (χ0n) is 15.9. The highest BCUT2D eigenvalue weighted by atomic mass is 35.5. The number of carbonyl (C=O) groups is 2.